The van der Waals surface area contributed by atoms with Crippen LogP contribution in [0.1, 0.15) is 26.3 Å². The van der Waals surface area contributed by atoms with Crippen LogP contribution < -0.4 is 10.0 Å². The predicted molar refractivity (Wildman–Crippen MR) is 96.5 cm³/mol. The lowest BCUT2D eigenvalue weighted by molar-refractivity contribution is -0.118. The zero-order valence-electron chi connectivity index (χ0n) is 14.0. The Kier molecular flexibility index (Phi) is 5.62. The molecule has 0 aliphatic carbocycles. The maximum absolute atomic E-state index is 12.4. The zero-order valence-corrected chi connectivity index (χ0v) is 14.9. The van der Waals surface area contributed by atoms with Gasteiger partial charge in [-0.1, -0.05) is 32.9 Å². The van der Waals surface area contributed by atoms with E-state index in [0.29, 0.717) is 11.4 Å². The van der Waals surface area contributed by atoms with Gasteiger partial charge in [-0.05, 0) is 48.4 Å². The molecule has 0 saturated heterocycles. The summed E-state index contributed by atoms with van der Waals surface area (Å²) < 4.78 is 27.3. The van der Waals surface area contributed by atoms with Gasteiger partial charge in [-0.2, -0.15) is 0 Å². The number of hydrogen-bond acceptors (Lipinski definition) is 3. The van der Waals surface area contributed by atoms with Crippen molar-refractivity contribution in [3.8, 4) is 0 Å². The van der Waals surface area contributed by atoms with Crippen molar-refractivity contribution in [2.24, 2.45) is 5.92 Å². The Balaban J connectivity index is 2.10. The third-order valence-corrected chi connectivity index (χ3v) is 4.97. The highest BCUT2D eigenvalue weighted by Crippen LogP contribution is 2.19. The van der Waals surface area contributed by atoms with Gasteiger partial charge in [0.2, 0.25) is 5.91 Å². The fourth-order valence-corrected chi connectivity index (χ4v) is 3.09. The van der Waals surface area contributed by atoms with E-state index in [9.17, 15) is 13.2 Å². The molecule has 0 spiro atoms. The molecule has 2 N–H and O–H groups in total. The van der Waals surface area contributed by atoms with Crippen molar-refractivity contribution in [3.05, 3.63) is 54.1 Å². The highest BCUT2D eigenvalue weighted by Gasteiger charge is 2.14. The summed E-state index contributed by atoms with van der Waals surface area (Å²) in [6.07, 6.45) is 0.858. The van der Waals surface area contributed by atoms with E-state index < -0.39 is 10.0 Å². The Morgan fingerprint density at radius 1 is 0.958 bits per heavy atom. The summed E-state index contributed by atoms with van der Waals surface area (Å²) >= 11 is 0. The minimum absolute atomic E-state index is 0.0839. The number of hydrogen-bond donors (Lipinski definition) is 2. The molecule has 6 heteroatoms. The lowest BCUT2D eigenvalue weighted by Crippen LogP contribution is -2.17. The first-order valence-corrected chi connectivity index (χ1v) is 9.33. The third-order valence-electron chi connectivity index (χ3n) is 3.57. The summed E-state index contributed by atoms with van der Waals surface area (Å²) in [7, 11) is -3.62. The summed E-state index contributed by atoms with van der Waals surface area (Å²) in [4.78, 5) is 11.9. The van der Waals surface area contributed by atoms with Crippen molar-refractivity contribution in [2.45, 2.75) is 32.1 Å². The molecule has 0 aliphatic rings. The van der Waals surface area contributed by atoms with E-state index in [1.54, 1.807) is 48.5 Å². The Morgan fingerprint density at radius 3 is 2.00 bits per heavy atom. The van der Waals surface area contributed by atoms with Crippen LogP contribution in [0.4, 0.5) is 11.4 Å². The third kappa shape index (κ3) is 4.58. The minimum Gasteiger partial charge on any atom is -0.326 e. The van der Waals surface area contributed by atoms with Crippen LogP contribution in [0.15, 0.2) is 53.4 Å². The molecule has 0 fully saturated rings. The van der Waals surface area contributed by atoms with Crippen molar-refractivity contribution in [1.82, 2.24) is 0 Å². The highest BCUT2D eigenvalue weighted by atomic mass is 32.2. The van der Waals surface area contributed by atoms with Crippen molar-refractivity contribution >= 4 is 27.3 Å². The van der Waals surface area contributed by atoms with Gasteiger partial charge in [-0.25, -0.2) is 8.42 Å². The number of amides is 1. The Labute approximate surface area is 143 Å². The van der Waals surface area contributed by atoms with Gasteiger partial charge < -0.3 is 5.32 Å². The maximum Gasteiger partial charge on any atom is 0.261 e. The van der Waals surface area contributed by atoms with Crippen molar-refractivity contribution < 1.29 is 13.2 Å². The second kappa shape index (κ2) is 7.49. The van der Waals surface area contributed by atoms with Crippen molar-refractivity contribution in [2.75, 3.05) is 10.0 Å². The molecule has 24 heavy (non-hydrogen) atoms. The summed E-state index contributed by atoms with van der Waals surface area (Å²) in [5, 5.41) is 2.76. The number of rotatable bonds is 6. The predicted octanol–water partition coefficient (Wildman–Crippen LogP) is 3.64. The fourth-order valence-electron chi connectivity index (χ4n) is 2.03. The zero-order chi connectivity index (χ0) is 17.7. The molecule has 0 saturated carbocycles. The van der Waals surface area contributed by atoms with Crippen LogP contribution in [0, 0.1) is 5.92 Å². The van der Waals surface area contributed by atoms with Crippen LogP contribution in [0.25, 0.3) is 0 Å². The molecule has 0 bridgehead atoms. The van der Waals surface area contributed by atoms with Gasteiger partial charge in [-0.3, -0.25) is 9.52 Å². The molecule has 0 atom stereocenters. The molecule has 0 unspecified atom stereocenters. The van der Waals surface area contributed by atoms with Crippen LogP contribution >= 0.6 is 0 Å². The van der Waals surface area contributed by atoms with Crippen LogP contribution in [-0.2, 0) is 21.2 Å². The van der Waals surface area contributed by atoms with Gasteiger partial charge in [0.1, 0.15) is 0 Å². The van der Waals surface area contributed by atoms with Crippen molar-refractivity contribution in [1.29, 1.82) is 0 Å². The molecule has 2 aromatic carbocycles. The first-order valence-electron chi connectivity index (χ1n) is 7.84. The van der Waals surface area contributed by atoms with E-state index in [1.807, 2.05) is 20.8 Å². The Bertz CT molecular complexity index is 795. The molecule has 0 radical (unpaired) electrons. The molecule has 0 aliphatic heterocycles. The van der Waals surface area contributed by atoms with E-state index in [0.717, 1.165) is 12.0 Å². The van der Waals surface area contributed by atoms with Crippen LogP contribution in [0.3, 0.4) is 0 Å². The second-order valence-corrected chi connectivity index (χ2v) is 7.51. The van der Waals surface area contributed by atoms with E-state index in [1.165, 1.54) is 0 Å². The quantitative estimate of drug-likeness (QED) is 0.838. The van der Waals surface area contributed by atoms with E-state index in [4.69, 9.17) is 0 Å². The van der Waals surface area contributed by atoms with E-state index in [-0.39, 0.29) is 16.7 Å². The van der Waals surface area contributed by atoms with Gasteiger partial charge in [0.25, 0.3) is 10.0 Å². The first-order chi connectivity index (χ1) is 11.3. The number of sulfonamides is 1. The van der Waals surface area contributed by atoms with Gasteiger partial charge in [0.05, 0.1) is 4.90 Å². The van der Waals surface area contributed by atoms with Gasteiger partial charge >= 0.3 is 0 Å². The minimum atomic E-state index is -3.62. The molecule has 2 aromatic rings. The van der Waals surface area contributed by atoms with E-state index >= 15 is 0 Å². The van der Waals surface area contributed by atoms with Crippen LogP contribution in [-0.4, -0.2) is 14.3 Å². The molecule has 2 rings (SSSR count). The maximum atomic E-state index is 12.4. The molecule has 0 aromatic heterocycles. The van der Waals surface area contributed by atoms with Gasteiger partial charge in [0, 0.05) is 17.3 Å². The van der Waals surface area contributed by atoms with Crippen molar-refractivity contribution in [3.63, 3.8) is 0 Å². The average Bonchev–Trinajstić information content (AvgIpc) is 2.56. The smallest absolute Gasteiger partial charge is 0.261 e. The molecule has 1 amide bonds. The summed E-state index contributed by atoms with van der Waals surface area (Å²) in [6, 6.07) is 13.4. The Hall–Kier alpha value is -2.34. The highest BCUT2D eigenvalue weighted by molar-refractivity contribution is 7.92. The molecule has 0 heterocycles. The molecular formula is C18H22N2O3S. The molecule has 128 valence electrons. The summed E-state index contributed by atoms with van der Waals surface area (Å²) in [5.41, 5.74) is 2.15. The number of carbonyl (C=O) groups excluding carboxylic acids is 1. The first kappa shape index (κ1) is 18.0. The van der Waals surface area contributed by atoms with Gasteiger partial charge in [-0.15, -0.1) is 0 Å². The average molecular weight is 346 g/mol. The number of anilines is 2. The number of nitrogens with one attached hydrogen (secondary N) is 2. The number of aryl methyl sites for hydroxylation is 1. The Morgan fingerprint density at radius 2 is 1.50 bits per heavy atom. The van der Waals surface area contributed by atoms with Crippen LogP contribution in [0.2, 0.25) is 0 Å². The normalized spacial score (nSPS) is 11.3. The summed E-state index contributed by atoms with van der Waals surface area (Å²) in [6.45, 7) is 5.63. The topological polar surface area (TPSA) is 75.3 Å². The fraction of sp³-hybridized carbons (Fsp3) is 0.278. The van der Waals surface area contributed by atoms with Crippen LogP contribution in [0.5, 0.6) is 0 Å². The van der Waals surface area contributed by atoms with Gasteiger partial charge in [0.15, 0.2) is 0 Å². The largest absolute Gasteiger partial charge is 0.326 e. The lowest BCUT2D eigenvalue weighted by Gasteiger charge is -2.11. The molecular weight excluding hydrogens is 324 g/mol. The SMILES string of the molecule is CCc1ccc(S(=O)(=O)Nc2ccc(NC(=O)C(C)C)cc2)cc1. The number of carbonyl (C=O) groups is 1. The molecule has 5 nitrogen and oxygen atoms in total. The lowest BCUT2D eigenvalue weighted by atomic mass is 10.2. The number of benzene rings is 2. The monoisotopic (exact) mass is 346 g/mol. The summed E-state index contributed by atoms with van der Waals surface area (Å²) in [5.74, 6) is -0.200. The second-order valence-electron chi connectivity index (χ2n) is 5.82. The standard InChI is InChI=1S/C18H22N2O3S/c1-4-14-5-11-17(12-6-14)24(22,23)20-16-9-7-15(8-10-16)19-18(21)13(2)3/h5-13,20H,4H2,1-3H3,(H,19,21). The van der Waals surface area contributed by atoms with E-state index in [2.05, 4.69) is 10.0 Å².